The second-order valence-electron chi connectivity index (χ2n) is 5.22. The molecule has 0 saturated heterocycles. The van der Waals surface area contributed by atoms with Crippen LogP contribution < -0.4 is 4.89 Å². The van der Waals surface area contributed by atoms with Crippen LogP contribution in [0, 0.1) is 0 Å². The molecule has 0 aliphatic carbocycles. The third kappa shape index (κ3) is 15.0. The van der Waals surface area contributed by atoms with Crippen molar-refractivity contribution >= 4 is 20.3 Å². The number of rotatable bonds is 11. The average Bonchev–Trinajstić information content (AvgIpc) is 2.30. The van der Waals surface area contributed by atoms with Crippen LogP contribution in [0.15, 0.2) is 0 Å². The Kier molecular flexibility index (Phi) is 12.9. The van der Waals surface area contributed by atoms with Crippen LogP contribution in [0.1, 0.15) is 6.92 Å². The zero-order chi connectivity index (χ0) is 16.5. The fraction of sp³-hybridized carbons (Fsp3) is 0.818. The molecule has 0 heterocycles. The number of carbonyl (C=O) groups excluding carboxylic acids is 2. The van der Waals surface area contributed by atoms with Crippen molar-refractivity contribution in [3.05, 3.63) is 0 Å². The van der Waals surface area contributed by atoms with Gasteiger partial charge in [-0.05, 0) is 0 Å². The van der Waals surface area contributed by atoms with E-state index in [2.05, 4.69) is 13.8 Å². The minimum absolute atomic E-state index is 0. The number of hydrogen-bond donors (Lipinski definition) is 0. The number of esters is 1. The molecule has 0 rings (SSSR count). The summed E-state index contributed by atoms with van der Waals surface area (Å²) in [5, 5.41) is 0. The normalized spacial score (nSPS) is 15.1. The first-order chi connectivity index (χ1) is 9.56. The van der Waals surface area contributed by atoms with Gasteiger partial charge in [0.1, 0.15) is 13.2 Å². The molecule has 22 heavy (non-hydrogen) atoms. The fourth-order valence-corrected chi connectivity index (χ4v) is 1.84. The second-order valence-corrected chi connectivity index (χ2v) is 6.63. The minimum Gasteiger partial charge on any atom is -0.756 e. The Hall–Kier alpha value is 0.114. The van der Waals surface area contributed by atoms with E-state index in [9.17, 15) is 19.0 Å². The maximum Gasteiger partial charge on any atom is 0.303 e. The van der Waals surface area contributed by atoms with Crippen LogP contribution in [0.4, 0.5) is 0 Å². The summed E-state index contributed by atoms with van der Waals surface area (Å²) in [6.07, 6.45) is -1.05. The maximum absolute atomic E-state index is 11.5. The Labute approximate surface area is 155 Å². The van der Waals surface area contributed by atoms with Crippen LogP contribution in [0.2, 0.25) is 0 Å². The van der Waals surface area contributed by atoms with Gasteiger partial charge < -0.3 is 32.7 Å². The molecule has 127 valence electrons. The minimum atomic E-state index is -4.51. The van der Waals surface area contributed by atoms with Gasteiger partial charge in [0.15, 0.2) is 6.10 Å². The van der Waals surface area contributed by atoms with Gasteiger partial charge in [-0.2, -0.15) is 0 Å². The van der Waals surface area contributed by atoms with Crippen LogP contribution >= 0.6 is 7.82 Å². The Morgan fingerprint density at radius 3 is 2.32 bits per heavy atom. The molecule has 0 fully saturated rings. The number of carbonyl (C=O) groups is 1. The monoisotopic (exact) mass is 415 g/mol. The van der Waals surface area contributed by atoms with Gasteiger partial charge in [-0.25, -0.2) is 0 Å². The van der Waals surface area contributed by atoms with Crippen LogP contribution in [0.25, 0.3) is 0 Å². The smallest absolute Gasteiger partial charge is 0.303 e. The van der Waals surface area contributed by atoms with Gasteiger partial charge in [-0.1, -0.05) is 6.47 Å². The molecular formula is C11H21NO8PY-. The number of hydrogen-bond acceptors (Lipinski definition) is 8. The molecule has 0 N–H and O–H groups in total. The van der Waals surface area contributed by atoms with Crippen molar-refractivity contribution in [1.82, 2.24) is 0 Å². The Bertz CT molecular complexity index is 387. The van der Waals surface area contributed by atoms with Crippen LogP contribution in [-0.2, 0) is 65.4 Å². The number of phosphoric acid groups is 1. The van der Waals surface area contributed by atoms with E-state index in [1.54, 1.807) is 0 Å². The quantitative estimate of drug-likeness (QED) is 0.187. The maximum atomic E-state index is 11.5. The Balaban J connectivity index is 0. The number of likely N-dealkylation sites (N-methyl/N-ethyl adjacent to an activating group) is 1. The molecule has 0 aromatic carbocycles. The van der Waals surface area contributed by atoms with Gasteiger partial charge in [0.25, 0.3) is 7.82 Å². The molecule has 2 unspecified atom stereocenters. The number of quaternary nitrogens is 1. The Morgan fingerprint density at radius 2 is 1.86 bits per heavy atom. The van der Waals surface area contributed by atoms with Gasteiger partial charge in [-0.3, -0.25) is 9.36 Å². The molecule has 0 aromatic rings. The predicted molar refractivity (Wildman–Crippen MR) is 69.6 cm³/mol. The van der Waals surface area contributed by atoms with E-state index in [1.165, 1.54) is 0 Å². The molecule has 11 heteroatoms. The molecule has 0 saturated carbocycles. The summed E-state index contributed by atoms with van der Waals surface area (Å²) in [7, 11) is 1.12. The number of phosphoric ester groups is 1. The van der Waals surface area contributed by atoms with E-state index in [4.69, 9.17) is 4.74 Å². The molecule has 0 bridgehead atoms. The van der Waals surface area contributed by atoms with E-state index in [0.717, 1.165) is 13.4 Å². The fourth-order valence-electron chi connectivity index (χ4n) is 1.12. The molecule has 1 radical (unpaired) electrons. The summed E-state index contributed by atoms with van der Waals surface area (Å²) in [6, 6.07) is 0. The second kappa shape index (κ2) is 11.6. The van der Waals surface area contributed by atoms with Crippen molar-refractivity contribution in [1.29, 1.82) is 0 Å². The van der Waals surface area contributed by atoms with Crippen molar-refractivity contribution in [2.45, 2.75) is 13.0 Å². The third-order valence-electron chi connectivity index (χ3n) is 2.09. The number of nitrogens with zero attached hydrogens (tertiary/aromatic N) is 1. The van der Waals surface area contributed by atoms with Crippen molar-refractivity contribution < 1.29 is 74.8 Å². The van der Waals surface area contributed by atoms with Gasteiger partial charge in [0.05, 0.1) is 34.4 Å². The van der Waals surface area contributed by atoms with Crippen LogP contribution in [0.5, 0.6) is 0 Å². The van der Waals surface area contributed by atoms with Gasteiger partial charge >= 0.3 is 5.97 Å². The summed E-state index contributed by atoms with van der Waals surface area (Å²) >= 11 is 0. The molecule has 2 atom stereocenters. The van der Waals surface area contributed by atoms with E-state index >= 15 is 0 Å². The van der Waals surface area contributed by atoms with Gasteiger partial charge in [0.2, 0.25) is 0 Å². The first-order valence-electron chi connectivity index (χ1n) is 6.12. The molecule has 0 aromatic heterocycles. The summed E-state index contributed by atoms with van der Waals surface area (Å²) in [4.78, 5) is 32.3. The molecular weight excluding hydrogens is 394 g/mol. The molecule has 0 amide bonds. The summed E-state index contributed by atoms with van der Waals surface area (Å²) in [6.45, 7) is 1.83. The first-order valence-corrected chi connectivity index (χ1v) is 7.58. The van der Waals surface area contributed by atoms with E-state index in [1.807, 2.05) is 21.1 Å². The Morgan fingerprint density at radius 1 is 1.27 bits per heavy atom. The zero-order valence-electron chi connectivity index (χ0n) is 13.1. The van der Waals surface area contributed by atoms with Gasteiger partial charge in [-0.15, -0.1) is 0 Å². The standard InChI is InChI=1S/C11H22NO8P.Y/c1-10(14)20-11(7-17-9-13)8-19-21(15,16)18-6-5-12(2,3)4;/h11H,5-8H2,1-4H3,(H,15,16);/p-1. The largest absolute Gasteiger partial charge is 0.756 e. The van der Waals surface area contributed by atoms with Crippen molar-refractivity contribution in [2.24, 2.45) is 0 Å². The topological polar surface area (TPSA) is 111 Å². The van der Waals surface area contributed by atoms with Crippen molar-refractivity contribution in [3.63, 3.8) is 0 Å². The third-order valence-corrected chi connectivity index (χ3v) is 3.05. The van der Waals surface area contributed by atoms with Crippen LogP contribution in [-0.4, -0.2) is 70.5 Å². The van der Waals surface area contributed by atoms with E-state index in [-0.39, 0.29) is 45.9 Å². The van der Waals surface area contributed by atoms with E-state index < -0.39 is 26.5 Å². The van der Waals surface area contributed by atoms with Crippen LogP contribution in [0.3, 0.4) is 0 Å². The molecule has 9 nitrogen and oxygen atoms in total. The average molecular weight is 415 g/mol. The zero-order valence-corrected chi connectivity index (χ0v) is 16.9. The van der Waals surface area contributed by atoms with Crippen molar-refractivity contribution in [3.8, 4) is 0 Å². The molecule has 0 aliphatic rings. The summed E-state index contributed by atoms with van der Waals surface area (Å²) in [5.41, 5.74) is 0. The van der Waals surface area contributed by atoms with E-state index in [0.29, 0.717) is 11.0 Å². The summed E-state index contributed by atoms with van der Waals surface area (Å²) < 4.78 is 30.3. The molecule has 0 spiro atoms. The number of ether oxygens (including phenoxy) is 2. The predicted octanol–water partition coefficient (Wildman–Crippen LogP) is -0.793. The summed E-state index contributed by atoms with van der Waals surface area (Å²) in [5.74, 6) is -0.662. The van der Waals surface area contributed by atoms with Crippen molar-refractivity contribution in [2.75, 3.05) is 47.5 Å². The SMILES string of the molecule is CC(=O)OC(CO[C-]=O)COP(=O)([O-])OCC[N+](C)(C)C.[Y]. The molecule has 0 aliphatic heterocycles. The first kappa shape index (κ1) is 24.4. The van der Waals surface area contributed by atoms with Gasteiger partial charge in [0, 0.05) is 39.6 Å².